The zero-order valence-electron chi connectivity index (χ0n) is 10.6. The van der Waals surface area contributed by atoms with Crippen LogP contribution in [0.2, 0.25) is 5.02 Å². The molecule has 0 aliphatic rings. The second kappa shape index (κ2) is 6.55. The number of ether oxygens (including phenoxy) is 1. The fourth-order valence-electron chi connectivity index (χ4n) is 1.79. The minimum atomic E-state index is -0.286. The smallest absolute Gasteiger partial charge is 0.129 e. The molecule has 0 aliphatic heterocycles. The molecule has 0 unspecified atom stereocenters. The van der Waals surface area contributed by atoms with Crippen molar-refractivity contribution in [2.24, 2.45) is 0 Å². The highest BCUT2D eigenvalue weighted by Crippen LogP contribution is 2.15. The largest absolute Gasteiger partial charge is 0.497 e. The molecule has 0 atom stereocenters. The number of halogens is 2. The summed E-state index contributed by atoms with van der Waals surface area (Å²) in [6.07, 6.45) is 0. The Balaban J connectivity index is 1.92. The van der Waals surface area contributed by atoms with Gasteiger partial charge in [0, 0.05) is 23.7 Å². The normalized spacial score (nSPS) is 10.5. The lowest BCUT2D eigenvalue weighted by Gasteiger charge is -2.07. The zero-order chi connectivity index (χ0) is 13.7. The molecule has 1 N–H and O–H groups in total. The number of hydrogen-bond donors (Lipinski definition) is 1. The lowest BCUT2D eigenvalue weighted by Crippen LogP contribution is -2.13. The Morgan fingerprint density at radius 3 is 2.74 bits per heavy atom. The van der Waals surface area contributed by atoms with Crippen molar-refractivity contribution in [3.8, 4) is 5.75 Å². The summed E-state index contributed by atoms with van der Waals surface area (Å²) in [4.78, 5) is 0. The van der Waals surface area contributed by atoms with Crippen molar-refractivity contribution in [3.63, 3.8) is 0 Å². The van der Waals surface area contributed by atoms with Crippen LogP contribution in [0.15, 0.2) is 42.5 Å². The summed E-state index contributed by atoms with van der Waals surface area (Å²) in [7, 11) is 1.63. The first-order valence-electron chi connectivity index (χ1n) is 5.96. The maximum absolute atomic E-state index is 13.6. The fraction of sp³-hybridized carbons (Fsp3) is 0.200. The van der Waals surface area contributed by atoms with Gasteiger partial charge in [-0.15, -0.1) is 0 Å². The molecule has 0 saturated carbocycles. The Hall–Kier alpha value is -1.58. The molecule has 0 saturated heterocycles. The molecule has 2 aromatic carbocycles. The molecule has 19 heavy (non-hydrogen) atoms. The van der Waals surface area contributed by atoms with Crippen LogP contribution >= 0.6 is 11.6 Å². The molecule has 0 fully saturated rings. The van der Waals surface area contributed by atoms with Crippen LogP contribution in [0.1, 0.15) is 11.1 Å². The van der Waals surface area contributed by atoms with E-state index < -0.39 is 0 Å². The quantitative estimate of drug-likeness (QED) is 0.899. The number of methoxy groups -OCH3 is 1. The van der Waals surface area contributed by atoms with Gasteiger partial charge in [0.25, 0.3) is 0 Å². The lowest BCUT2D eigenvalue weighted by atomic mass is 10.2. The highest BCUT2D eigenvalue weighted by atomic mass is 35.5. The third-order valence-corrected chi connectivity index (χ3v) is 3.03. The summed E-state index contributed by atoms with van der Waals surface area (Å²) in [5.41, 5.74) is 1.70. The van der Waals surface area contributed by atoms with E-state index >= 15 is 0 Å². The number of nitrogens with one attached hydrogen (secondary N) is 1. The molecule has 2 aromatic rings. The van der Waals surface area contributed by atoms with Gasteiger partial charge in [0.2, 0.25) is 0 Å². The summed E-state index contributed by atoms with van der Waals surface area (Å²) in [5.74, 6) is 0.530. The van der Waals surface area contributed by atoms with Gasteiger partial charge in [0.1, 0.15) is 11.6 Å². The van der Waals surface area contributed by atoms with Crippen molar-refractivity contribution in [3.05, 3.63) is 64.4 Å². The fourth-order valence-corrected chi connectivity index (χ4v) is 1.95. The average molecular weight is 280 g/mol. The summed E-state index contributed by atoms with van der Waals surface area (Å²) in [6, 6.07) is 12.5. The van der Waals surface area contributed by atoms with E-state index in [1.165, 1.54) is 6.07 Å². The van der Waals surface area contributed by atoms with Gasteiger partial charge in [-0.05, 0) is 29.8 Å². The SMILES string of the molecule is COc1cccc(CNCc2ccc(Cl)cc2F)c1. The van der Waals surface area contributed by atoms with Crippen molar-refractivity contribution in [1.82, 2.24) is 5.32 Å². The van der Waals surface area contributed by atoms with Crippen LogP contribution in [0.3, 0.4) is 0 Å². The van der Waals surface area contributed by atoms with E-state index in [9.17, 15) is 4.39 Å². The molecular weight excluding hydrogens is 265 g/mol. The first kappa shape index (κ1) is 13.8. The van der Waals surface area contributed by atoms with Crippen molar-refractivity contribution in [2.75, 3.05) is 7.11 Å². The molecular formula is C15H15ClFNO. The third-order valence-electron chi connectivity index (χ3n) is 2.79. The maximum Gasteiger partial charge on any atom is 0.129 e. The Morgan fingerprint density at radius 2 is 2.00 bits per heavy atom. The topological polar surface area (TPSA) is 21.3 Å². The molecule has 2 rings (SSSR count). The van der Waals surface area contributed by atoms with Crippen LogP contribution in [-0.2, 0) is 13.1 Å². The van der Waals surface area contributed by atoms with E-state index in [1.807, 2.05) is 24.3 Å². The van der Waals surface area contributed by atoms with Gasteiger partial charge in [-0.3, -0.25) is 0 Å². The van der Waals surface area contributed by atoms with E-state index in [2.05, 4.69) is 5.32 Å². The van der Waals surface area contributed by atoms with Gasteiger partial charge in [-0.1, -0.05) is 29.8 Å². The van der Waals surface area contributed by atoms with Crippen LogP contribution in [0, 0.1) is 5.82 Å². The average Bonchev–Trinajstić information content (AvgIpc) is 2.41. The first-order valence-corrected chi connectivity index (χ1v) is 6.34. The maximum atomic E-state index is 13.6. The molecule has 100 valence electrons. The minimum absolute atomic E-state index is 0.286. The van der Waals surface area contributed by atoms with Gasteiger partial charge in [-0.25, -0.2) is 4.39 Å². The van der Waals surface area contributed by atoms with Gasteiger partial charge in [0.05, 0.1) is 7.11 Å². The van der Waals surface area contributed by atoms with E-state index in [4.69, 9.17) is 16.3 Å². The molecule has 4 heteroatoms. The molecule has 0 heterocycles. The van der Waals surface area contributed by atoms with E-state index in [0.29, 0.717) is 23.7 Å². The molecule has 0 radical (unpaired) electrons. The van der Waals surface area contributed by atoms with Gasteiger partial charge < -0.3 is 10.1 Å². The molecule has 0 bridgehead atoms. The van der Waals surface area contributed by atoms with Gasteiger partial charge in [0.15, 0.2) is 0 Å². The molecule has 0 aromatic heterocycles. The van der Waals surface area contributed by atoms with E-state index in [-0.39, 0.29) is 5.82 Å². The second-order valence-corrected chi connectivity index (χ2v) is 4.63. The van der Waals surface area contributed by atoms with Crippen molar-refractivity contribution >= 4 is 11.6 Å². The monoisotopic (exact) mass is 279 g/mol. The van der Waals surface area contributed by atoms with Crippen molar-refractivity contribution in [2.45, 2.75) is 13.1 Å². The summed E-state index contributed by atoms with van der Waals surface area (Å²) in [6.45, 7) is 1.11. The van der Waals surface area contributed by atoms with Gasteiger partial charge >= 0.3 is 0 Å². The summed E-state index contributed by atoms with van der Waals surface area (Å²) < 4.78 is 18.7. The number of hydrogen-bond acceptors (Lipinski definition) is 2. The molecule has 0 aliphatic carbocycles. The van der Waals surface area contributed by atoms with E-state index in [1.54, 1.807) is 19.2 Å². The van der Waals surface area contributed by atoms with Crippen molar-refractivity contribution in [1.29, 1.82) is 0 Å². The number of rotatable bonds is 5. The molecule has 2 nitrogen and oxygen atoms in total. The Bertz CT molecular complexity index is 560. The summed E-state index contributed by atoms with van der Waals surface area (Å²) in [5, 5.41) is 3.60. The lowest BCUT2D eigenvalue weighted by molar-refractivity contribution is 0.414. The number of benzene rings is 2. The first-order chi connectivity index (χ1) is 9.19. The molecule has 0 amide bonds. The van der Waals surface area contributed by atoms with Crippen molar-refractivity contribution < 1.29 is 9.13 Å². The molecule has 0 spiro atoms. The van der Waals surface area contributed by atoms with Crippen LogP contribution in [0.4, 0.5) is 4.39 Å². The Morgan fingerprint density at radius 1 is 1.16 bits per heavy atom. The van der Waals surface area contributed by atoms with Crippen LogP contribution in [0.5, 0.6) is 5.75 Å². The summed E-state index contributed by atoms with van der Waals surface area (Å²) >= 11 is 5.71. The highest BCUT2D eigenvalue weighted by Gasteiger charge is 2.02. The van der Waals surface area contributed by atoms with Crippen LogP contribution < -0.4 is 10.1 Å². The second-order valence-electron chi connectivity index (χ2n) is 4.19. The van der Waals surface area contributed by atoms with E-state index in [0.717, 1.165) is 11.3 Å². The Kier molecular flexibility index (Phi) is 4.77. The van der Waals surface area contributed by atoms with Crippen LogP contribution in [-0.4, -0.2) is 7.11 Å². The minimum Gasteiger partial charge on any atom is -0.497 e. The third kappa shape index (κ3) is 3.94. The van der Waals surface area contributed by atoms with Gasteiger partial charge in [-0.2, -0.15) is 0 Å². The predicted molar refractivity (Wildman–Crippen MR) is 74.9 cm³/mol. The standard InChI is InChI=1S/C15H15ClFNO/c1-19-14-4-2-3-11(7-14)9-18-10-12-5-6-13(16)8-15(12)17/h2-8,18H,9-10H2,1H3. The Labute approximate surface area is 117 Å². The highest BCUT2D eigenvalue weighted by molar-refractivity contribution is 6.30. The zero-order valence-corrected chi connectivity index (χ0v) is 11.4. The predicted octanol–water partition coefficient (Wildman–Crippen LogP) is 3.78. The van der Waals surface area contributed by atoms with Crippen LogP contribution in [0.25, 0.3) is 0 Å².